The molecule has 2 aromatic carbocycles. The van der Waals surface area contributed by atoms with Crippen molar-refractivity contribution in [2.45, 2.75) is 45.4 Å². The molecule has 2 aromatic rings. The zero-order valence-corrected chi connectivity index (χ0v) is 17.0. The predicted molar refractivity (Wildman–Crippen MR) is 107 cm³/mol. The van der Waals surface area contributed by atoms with Gasteiger partial charge in [0, 0.05) is 18.7 Å². The topological polar surface area (TPSA) is 59.0 Å². The van der Waals surface area contributed by atoms with E-state index in [0.717, 1.165) is 27.8 Å². The van der Waals surface area contributed by atoms with Gasteiger partial charge in [-0.2, -0.15) is 0 Å². The van der Waals surface area contributed by atoms with Crippen LogP contribution in [0.4, 0.5) is 4.39 Å². The van der Waals surface area contributed by atoms with Crippen molar-refractivity contribution < 1.29 is 23.8 Å². The Morgan fingerprint density at radius 3 is 2.79 bits per heavy atom. The molecule has 1 amide bonds. The number of aliphatic hydroxyl groups excluding tert-OH is 1. The Kier molecular flexibility index (Phi) is 5.32. The van der Waals surface area contributed by atoms with Gasteiger partial charge in [0.2, 0.25) is 0 Å². The smallest absolute Gasteiger partial charge is 0.254 e. The zero-order chi connectivity index (χ0) is 20.7. The number of hydrogen-bond acceptors (Lipinski definition) is 4. The van der Waals surface area contributed by atoms with Crippen LogP contribution in [0.1, 0.15) is 44.6 Å². The van der Waals surface area contributed by atoms with Crippen molar-refractivity contribution in [2.75, 3.05) is 20.3 Å². The number of benzene rings is 2. The van der Waals surface area contributed by atoms with Crippen LogP contribution in [0, 0.1) is 19.7 Å². The quantitative estimate of drug-likeness (QED) is 0.858. The van der Waals surface area contributed by atoms with Crippen LogP contribution in [0.2, 0.25) is 0 Å². The molecule has 0 aromatic heterocycles. The van der Waals surface area contributed by atoms with Gasteiger partial charge in [0.15, 0.2) is 11.6 Å². The Morgan fingerprint density at radius 1 is 1.28 bits per heavy atom. The second-order valence-electron chi connectivity index (χ2n) is 7.89. The molecule has 0 saturated carbocycles. The number of amides is 1. The van der Waals surface area contributed by atoms with Gasteiger partial charge in [0.1, 0.15) is 0 Å². The lowest BCUT2D eigenvalue weighted by Crippen LogP contribution is -2.49. The van der Waals surface area contributed by atoms with Crippen molar-refractivity contribution in [3.05, 3.63) is 63.5 Å². The van der Waals surface area contributed by atoms with Crippen LogP contribution in [0.5, 0.6) is 5.75 Å². The summed E-state index contributed by atoms with van der Waals surface area (Å²) in [7, 11) is 1.45. The maximum atomic E-state index is 13.7. The van der Waals surface area contributed by atoms with E-state index in [0.29, 0.717) is 38.2 Å². The second kappa shape index (κ2) is 7.76. The summed E-state index contributed by atoms with van der Waals surface area (Å²) in [5.74, 6) is -0.237. The highest BCUT2D eigenvalue weighted by Gasteiger charge is 2.39. The minimum atomic E-state index is -0.561. The number of hydrogen-bond donors (Lipinski definition) is 1. The molecule has 0 spiro atoms. The number of rotatable bonds is 4. The fraction of sp³-hybridized carbons (Fsp3) is 0.435. The summed E-state index contributed by atoms with van der Waals surface area (Å²) in [6, 6.07) is 6.48. The Morgan fingerprint density at radius 2 is 2.07 bits per heavy atom. The van der Waals surface area contributed by atoms with Gasteiger partial charge < -0.3 is 19.5 Å². The SMILES string of the molecule is COc1cc(Cc2cc3c(c(C)c2C)CN([C@H]2COCC[C@@H]2O)C3=O)ccc1F. The minimum absolute atomic E-state index is 0.0596. The van der Waals surface area contributed by atoms with Crippen LogP contribution in [-0.2, 0) is 17.7 Å². The summed E-state index contributed by atoms with van der Waals surface area (Å²) >= 11 is 0. The van der Waals surface area contributed by atoms with E-state index in [2.05, 4.69) is 6.92 Å². The molecule has 1 fully saturated rings. The lowest BCUT2D eigenvalue weighted by molar-refractivity contribution is -0.0528. The maximum Gasteiger partial charge on any atom is 0.254 e. The van der Waals surface area contributed by atoms with E-state index in [-0.39, 0.29) is 17.7 Å². The molecule has 154 valence electrons. The molecule has 0 unspecified atom stereocenters. The van der Waals surface area contributed by atoms with Gasteiger partial charge in [0.05, 0.1) is 25.9 Å². The zero-order valence-electron chi connectivity index (χ0n) is 17.0. The summed E-state index contributed by atoms with van der Waals surface area (Å²) < 4.78 is 24.3. The Hall–Kier alpha value is -2.44. The number of aliphatic hydroxyl groups is 1. The van der Waals surface area contributed by atoms with Crippen molar-refractivity contribution in [1.29, 1.82) is 0 Å². The van der Waals surface area contributed by atoms with E-state index in [4.69, 9.17) is 9.47 Å². The summed E-state index contributed by atoms with van der Waals surface area (Å²) in [4.78, 5) is 14.9. The van der Waals surface area contributed by atoms with Crippen molar-refractivity contribution in [3.63, 3.8) is 0 Å². The van der Waals surface area contributed by atoms with E-state index < -0.39 is 11.9 Å². The van der Waals surface area contributed by atoms with Crippen LogP contribution < -0.4 is 4.74 Å². The monoisotopic (exact) mass is 399 g/mol. The second-order valence-corrected chi connectivity index (χ2v) is 7.89. The van der Waals surface area contributed by atoms with Gasteiger partial charge in [-0.05, 0) is 72.7 Å². The highest BCUT2D eigenvalue weighted by Crippen LogP contribution is 2.34. The van der Waals surface area contributed by atoms with Gasteiger partial charge >= 0.3 is 0 Å². The standard InChI is InChI=1S/C23H26FNO4/c1-13-14(2)18-11-25(20-12-29-7-6-21(20)26)23(27)17(18)10-16(13)8-15-4-5-19(24)22(9-15)28-3/h4-5,9-10,20-21,26H,6-8,11-12H2,1-3H3/t20-,21-/m0/s1. The third-order valence-corrected chi connectivity index (χ3v) is 6.26. The van der Waals surface area contributed by atoms with E-state index in [1.54, 1.807) is 17.0 Å². The normalized spacial score (nSPS) is 21.4. The number of carbonyl (C=O) groups is 1. The number of halogens is 1. The Labute approximate surface area is 170 Å². The summed E-state index contributed by atoms with van der Waals surface area (Å²) in [6.45, 7) is 5.47. The predicted octanol–water partition coefficient (Wildman–Crippen LogP) is 3.15. The molecule has 4 rings (SSSR count). The van der Waals surface area contributed by atoms with Crippen molar-refractivity contribution >= 4 is 5.91 Å². The highest BCUT2D eigenvalue weighted by atomic mass is 19.1. The van der Waals surface area contributed by atoms with Gasteiger partial charge in [-0.3, -0.25) is 4.79 Å². The molecule has 0 aliphatic carbocycles. The first-order valence-corrected chi connectivity index (χ1v) is 9.91. The number of carbonyl (C=O) groups excluding carboxylic acids is 1. The fourth-order valence-corrected chi connectivity index (χ4v) is 4.33. The van der Waals surface area contributed by atoms with Gasteiger partial charge in [-0.15, -0.1) is 0 Å². The molecule has 0 bridgehead atoms. The molecule has 2 aliphatic heterocycles. The summed E-state index contributed by atoms with van der Waals surface area (Å²) in [5.41, 5.74) is 5.88. The largest absolute Gasteiger partial charge is 0.494 e. The molecule has 29 heavy (non-hydrogen) atoms. The van der Waals surface area contributed by atoms with Gasteiger partial charge in [-0.25, -0.2) is 4.39 Å². The third kappa shape index (κ3) is 3.51. The average Bonchev–Trinajstić information content (AvgIpc) is 3.04. The van der Waals surface area contributed by atoms with Crippen LogP contribution in [0.15, 0.2) is 24.3 Å². The average molecular weight is 399 g/mol. The van der Waals surface area contributed by atoms with Gasteiger partial charge in [-0.1, -0.05) is 6.07 Å². The lowest BCUT2D eigenvalue weighted by atomic mass is 9.91. The van der Waals surface area contributed by atoms with Crippen LogP contribution in [0.3, 0.4) is 0 Å². The number of methoxy groups -OCH3 is 1. The third-order valence-electron chi connectivity index (χ3n) is 6.26. The van der Waals surface area contributed by atoms with Crippen LogP contribution in [0.25, 0.3) is 0 Å². The van der Waals surface area contributed by atoms with Crippen LogP contribution in [-0.4, -0.2) is 48.4 Å². The maximum absolute atomic E-state index is 13.7. The van der Waals surface area contributed by atoms with E-state index in [1.807, 2.05) is 13.0 Å². The van der Waals surface area contributed by atoms with E-state index in [9.17, 15) is 14.3 Å². The lowest BCUT2D eigenvalue weighted by Gasteiger charge is -2.34. The molecular weight excluding hydrogens is 373 g/mol. The first kappa shape index (κ1) is 19.9. The molecule has 5 nitrogen and oxygen atoms in total. The first-order chi connectivity index (χ1) is 13.9. The number of ether oxygens (including phenoxy) is 2. The Balaban J connectivity index is 1.65. The summed E-state index contributed by atoms with van der Waals surface area (Å²) in [5, 5.41) is 10.4. The molecule has 1 saturated heterocycles. The summed E-state index contributed by atoms with van der Waals surface area (Å²) in [6.07, 6.45) is 0.564. The number of fused-ring (bicyclic) bond motifs is 1. The fourth-order valence-electron chi connectivity index (χ4n) is 4.33. The minimum Gasteiger partial charge on any atom is -0.494 e. The van der Waals surface area contributed by atoms with E-state index >= 15 is 0 Å². The van der Waals surface area contributed by atoms with Crippen molar-refractivity contribution in [2.24, 2.45) is 0 Å². The molecule has 2 heterocycles. The van der Waals surface area contributed by atoms with Crippen molar-refractivity contribution in [3.8, 4) is 5.75 Å². The van der Waals surface area contributed by atoms with Crippen molar-refractivity contribution in [1.82, 2.24) is 4.90 Å². The molecular formula is C23H26FNO4. The molecule has 2 atom stereocenters. The van der Waals surface area contributed by atoms with E-state index in [1.165, 1.54) is 13.2 Å². The number of nitrogens with zero attached hydrogens (tertiary/aromatic N) is 1. The molecule has 6 heteroatoms. The van der Waals surface area contributed by atoms with Crippen LogP contribution >= 0.6 is 0 Å². The first-order valence-electron chi connectivity index (χ1n) is 9.91. The Bertz CT molecular complexity index is 958. The molecule has 0 radical (unpaired) electrons. The van der Waals surface area contributed by atoms with Gasteiger partial charge in [0.25, 0.3) is 5.91 Å². The molecule has 2 aliphatic rings. The highest BCUT2D eigenvalue weighted by molar-refractivity contribution is 5.99. The molecule has 1 N–H and O–H groups in total.